The van der Waals surface area contributed by atoms with Crippen molar-refractivity contribution in [2.24, 2.45) is 0 Å². The van der Waals surface area contributed by atoms with Crippen LogP contribution < -0.4 is 4.90 Å². The molecule has 0 aliphatic carbocycles. The van der Waals surface area contributed by atoms with E-state index in [0.717, 1.165) is 16.8 Å². The van der Waals surface area contributed by atoms with Gasteiger partial charge in [-0.25, -0.2) is 0 Å². The van der Waals surface area contributed by atoms with Crippen molar-refractivity contribution in [1.29, 1.82) is 0 Å². The molecule has 1 amide bonds. The number of halogens is 1. The third-order valence-corrected chi connectivity index (χ3v) is 2.45. The Labute approximate surface area is 89.5 Å². The van der Waals surface area contributed by atoms with Crippen molar-refractivity contribution < 1.29 is 4.79 Å². The van der Waals surface area contributed by atoms with Gasteiger partial charge in [0, 0.05) is 6.92 Å². The predicted octanol–water partition coefficient (Wildman–Crippen LogP) is 2.85. The molecule has 0 bridgehead atoms. The molecule has 0 N–H and O–H groups in total. The number of carbonyl (C=O) groups is 1. The Kier molecular flexibility index (Phi) is 3.53. The summed E-state index contributed by atoms with van der Waals surface area (Å²) in [4.78, 5) is 12.9. The van der Waals surface area contributed by atoms with Gasteiger partial charge in [-0.3, -0.25) is 9.69 Å². The maximum Gasteiger partial charge on any atom is 0.224 e. The second-order valence-corrected chi connectivity index (χ2v) is 3.55. The third kappa shape index (κ3) is 2.07. The van der Waals surface area contributed by atoms with Crippen LogP contribution >= 0.6 is 11.6 Å². The number of nitrogens with zero attached hydrogens (tertiary/aromatic N) is 1. The Hall–Kier alpha value is -1.02. The van der Waals surface area contributed by atoms with Crippen molar-refractivity contribution in [2.75, 3.05) is 10.9 Å². The van der Waals surface area contributed by atoms with Crippen LogP contribution in [0.1, 0.15) is 18.1 Å². The first-order chi connectivity index (χ1) is 6.57. The zero-order valence-corrected chi connectivity index (χ0v) is 9.43. The predicted molar refractivity (Wildman–Crippen MR) is 59.8 cm³/mol. The number of aryl methyl sites for hydroxylation is 2. The molecule has 0 saturated carbocycles. The van der Waals surface area contributed by atoms with E-state index in [9.17, 15) is 4.79 Å². The molecule has 1 aromatic rings. The normalized spacial score (nSPS) is 10.0. The van der Waals surface area contributed by atoms with E-state index in [4.69, 9.17) is 11.6 Å². The summed E-state index contributed by atoms with van der Waals surface area (Å²) in [5, 5.41) is 0. The molecule has 0 atom stereocenters. The van der Waals surface area contributed by atoms with Gasteiger partial charge in [0.2, 0.25) is 5.91 Å². The summed E-state index contributed by atoms with van der Waals surface area (Å²) in [6, 6.07) is 6.12. The Bertz CT molecular complexity index is 329. The molecule has 14 heavy (non-hydrogen) atoms. The molecule has 76 valence electrons. The average Bonchev–Trinajstić information content (AvgIpc) is 2.10. The number of alkyl halides is 1. The molecule has 3 heteroatoms. The summed E-state index contributed by atoms with van der Waals surface area (Å²) in [6.07, 6.45) is 0. The van der Waals surface area contributed by atoms with E-state index >= 15 is 0 Å². The minimum Gasteiger partial charge on any atom is -0.298 e. The Balaban J connectivity index is 3.22. The highest BCUT2D eigenvalue weighted by Crippen LogP contribution is 2.24. The van der Waals surface area contributed by atoms with Gasteiger partial charge in [0.25, 0.3) is 0 Å². The van der Waals surface area contributed by atoms with Gasteiger partial charge >= 0.3 is 0 Å². The van der Waals surface area contributed by atoms with Gasteiger partial charge in [-0.2, -0.15) is 0 Å². The van der Waals surface area contributed by atoms with Crippen molar-refractivity contribution in [3.05, 3.63) is 29.3 Å². The number of hydrogen-bond acceptors (Lipinski definition) is 1. The Morgan fingerprint density at radius 2 is 1.86 bits per heavy atom. The molecule has 1 aromatic carbocycles. The number of amides is 1. The van der Waals surface area contributed by atoms with Crippen LogP contribution in [0, 0.1) is 13.8 Å². The van der Waals surface area contributed by atoms with Gasteiger partial charge in [-0.05, 0) is 25.0 Å². The van der Waals surface area contributed by atoms with Crippen molar-refractivity contribution >= 4 is 23.2 Å². The van der Waals surface area contributed by atoms with Crippen LogP contribution in [0.25, 0.3) is 0 Å². The van der Waals surface area contributed by atoms with Crippen LogP contribution in [-0.4, -0.2) is 11.9 Å². The van der Waals surface area contributed by atoms with Crippen molar-refractivity contribution in [2.45, 2.75) is 20.8 Å². The maximum absolute atomic E-state index is 11.3. The van der Waals surface area contributed by atoms with E-state index in [1.165, 1.54) is 6.92 Å². The molecule has 1 rings (SSSR count). The van der Waals surface area contributed by atoms with Gasteiger partial charge in [0.1, 0.15) is 6.00 Å². The van der Waals surface area contributed by atoms with Crippen molar-refractivity contribution in [3.8, 4) is 0 Å². The molecule has 0 fully saturated rings. The maximum atomic E-state index is 11.3. The van der Waals surface area contributed by atoms with Crippen LogP contribution in [0.5, 0.6) is 0 Å². The highest BCUT2D eigenvalue weighted by Gasteiger charge is 2.14. The molecular weight excluding hydrogens is 198 g/mol. The third-order valence-electron chi connectivity index (χ3n) is 2.21. The summed E-state index contributed by atoms with van der Waals surface area (Å²) in [6.45, 7) is 5.48. The first-order valence-corrected chi connectivity index (χ1v) is 5.01. The molecule has 0 heterocycles. The minimum atomic E-state index is -0.0302. The van der Waals surface area contributed by atoms with Crippen molar-refractivity contribution in [1.82, 2.24) is 0 Å². The van der Waals surface area contributed by atoms with Gasteiger partial charge in [0.15, 0.2) is 0 Å². The minimum absolute atomic E-state index is 0.0302. The van der Waals surface area contributed by atoms with Gasteiger partial charge in [-0.1, -0.05) is 18.2 Å². The smallest absolute Gasteiger partial charge is 0.224 e. The van der Waals surface area contributed by atoms with Gasteiger partial charge < -0.3 is 0 Å². The molecule has 2 nitrogen and oxygen atoms in total. The van der Waals surface area contributed by atoms with E-state index < -0.39 is 0 Å². The molecule has 0 aromatic heterocycles. The van der Waals surface area contributed by atoms with Gasteiger partial charge in [0.05, 0.1) is 5.69 Å². The lowest BCUT2D eigenvalue weighted by atomic mass is 10.1. The topological polar surface area (TPSA) is 20.3 Å². The van der Waals surface area contributed by atoms with Gasteiger partial charge in [-0.15, -0.1) is 11.6 Å². The summed E-state index contributed by atoms with van der Waals surface area (Å²) < 4.78 is 0. The fourth-order valence-electron chi connectivity index (χ4n) is 1.53. The molecule has 0 aliphatic heterocycles. The fraction of sp³-hybridized carbons (Fsp3) is 0.364. The van der Waals surface area contributed by atoms with Crippen LogP contribution in [0.3, 0.4) is 0 Å². The number of benzene rings is 1. The molecule has 0 aliphatic rings. The highest BCUT2D eigenvalue weighted by molar-refractivity contribution is 6.21. The Morgan fingerprint density at radius 1 is 1.36 bits per heavy atom. The molecule has 0 spiro atoms. The van der Waals surface area contributed by atoms with Crippen LogP contribution in [-0.2, 0) is 4.79 Å². The number of anilines is 1. The number of carbonyl (C=O) groups excluding carboxylic acids is 1. The van der Waals surface area contributed by atoms with Crippen LogP contribution in [0.15, 0.2) is 18.2 Å². The summed E-state index contributed by atoms with van der Waals surface area (Å²) in [5.41, 5.74) is 3.07. The molecular formula is C11H14ClNO. The number of para-hydroxylation sites is 1. The zero-order chi connectivity index (χ0) is 10.7. The molecule has 0 unspecified atom stereocenters. The van der Waals surface area contributed by atoms with Crippen LogP contribution in [0.4, 0.5) is 5.69 Å². The quantitative estimate of drug-likeness (QED) is 0.544. The lowest BCUT2D eigenvalue weighted by Gasteiger charge is -2.22. The van der Waals surface area contributed by atoms with Crippen molar-refractivity contribution in [3.63, 3.8) is 0 Å². The second-order valence-electron chi connectivity index (χ2n) is 3.31. The fourth-order valence-corrected chi connectivity index (χ4v) is 1.82. The van der Waals surface area contributed by atoms with Crippen LogP contribution in [0.2, 0.25) is 0 Å². The van der Waals surface area contributed by atoms with E-state index in [2.05, 4.69) is 0 Å². The molecule has 0 radical (unpaired) electrons. The highest BCUT2D eigenvalue weighted by atomic mass is 35.5. The Morgan fingerprint density at radius 3 is 2.21 bits per heavy atom. The lowest BCUT2D eigenvalue weighted by Crippen LogP contribution is -2.28. The number of rotatable bonds is 2. The van der Waals surface area contributed by atoms with E-state index in [1.54, 1.807) is 4.90 Å². The zero-order valence-electron chi connectivity index (χ0n) is 8.67. The summed E-state index contributed by atoms with van der Waals surface area (Å²) in [7, 11) is 0. The average molecular weight is 212 g/mol. The lowest BCUT2D eigenvalue weighted by molar-refractivity contribution is -0.116. The SMILES string of the molecule is CC(=O)N(CCl)c1c(C)cccc1C. The summed E-state index contributed by atoms with van der Waals surface area (Å²) in [5.74, 6) is -0.0302. The van der Waals surface area contributed by atoms with E-state index in [0.29, 0.717) is 0 Å². The van der Waals surface area contributed by atoms with E-state index in [-0.39, 0.29) is 11.9 Å². The van der Waals surface area contributed by atoms with E-state index in [1.807, 2.05) is 32.0 Å². The largest absolute Gasteiger partial charge is 0.298 e. The second kappa shape index (κ2) is 4.47. The number of hydrogen-bond donors (Lipinski definition) is 0. The summed E-state index contributed by atoms with van der Waals surface area (Å²) >= 11 is 5.75. The monoisotopic (exact) mass is 211 g/mol. The first kappa shape index (κ1) is 11.1. The molecule has 0 saturated heterocycles. The first-order valence-electron chi connectivity index (χ1n) is 4.48. The standard InChI is InChI=1S/C11H14ClNO/c1-8-5-4-6-9(2)11(8)13(7-12)10(3)14/h4-6H,7H2,1-3H3.